The summed E-state index contributed by atoms with van der Waals surface area (Å²) in [6.45, 7) is 4.46. The number of hydrogen-bond acceptors (Lipinski definition) is 7. The minimum Gasteiger partial charge on any atom is -0.379 e. The van der Waals surface area contributed by atoms with Crippen LogP contribution in [0.25, 0.3) is 10.2 Å². The topological polar surface area (TPSA) is 50.3 Å². The highest BCUT2D eigenvalue weighted by atomic mass is 32.1. The molecule has 136 valence electrons. The number of ether oxygens (including phenoxy) is 1. The second-order valence-corrected chi connectivity index (χ2v) is 8.88. The Morgan fingerprint density at radius 3 is 3.00 bits per heavy atom. The minimum atomic E-state index is 0.357. The Kier molecular flexibility index (Phi) is 4.62. The van der Waals surface area contributed by atoms with Crippen LogP contribution in [-0.2, 0) is 17.6 Å². The second-order valence-electron chi connectivity index (χ2n) is 6.82. The average molecular weight is 387 g/mol. The molecule has 1 N–H and O–H groups in total. The van der Waals surface area contributed by atoms with Crippen molar-refractivity contribution in [2.24, 2.45) is 0 Å². The Balaban J connectivity index is 1.42. The van der Waals surface area contributed by atoms with Crippen molar-refractivity contribution >= 4 is 38.7 Å². The van der Waals surface area contributed by atoms with Crippen molar-refractivity contribution in [2.75, 3.05) is 38.2 Å². The number of fused-ring (bicyclic) bond motifs is 3. The number of hydrogen-bond donors (Lipinski definition) is 1. The molecule has 0 spiro atoms. The molecule has 1 atom stereocenters. The van der Waals surface area contributed by atoms with Gasteiger partial charge in [-0.3, -0.25) is 4.90 Å². The lowest BCUT2D eigenvalue weighted by molar-refractivity contribution is 0.0194. The zero-order chi connectivity index (χ0) is 17.3. The van der Waals surface area contributed by atoms with Crippen LogP contribution in [0.4, 0.5) is 5.82 Å². The van der Waals surface area contributed by atoms with Gasteiger partial charge in [0.05, 0.1) is 24.6 Å². The third-order valence-electron chi connectivity index (χ3n) is 5.32. The SMILES string of the molecule is c1csc(C(CNc2ncnc3sc4c(c23)CCC4)N2CCOCC2)c1. The summed E-state index contributed by atoms with van der Waals surface area (Å²) in [5, 5.41) is 7.09. The van der Waals surface area contributed by atoms with Gasteiger partial charge in [0.25, 0.3) is 0 Å². The van der Waals surface area contributed by atoms with E-state index in [1.165, 1.54) is 33.5 Å². The molecule has 0 bridgehead atoms. The molecule has 1 fully saturated rings. The van der Waals surface area contributed by atoms with Gasteiger partial charge in [-0.1, -0.05) is 6.07 Å². The molecule has 26 heavy (non-hydrogen) atoms. The molecule has 1 aliphatic heterocycles. The molecule has 0 amide bonds. The standard InChI is InChI=1S/C19H22N4OS2/c1-3-13-15(4-1)26-19-17(13)18(21-12-22-19)20-11-14(16-5-2-10-25-16)23-6-8-24-9-7-23/h2,5,10,12,14H,1,3-4,6-9,11H2,(H,20,21,22). The largest absolute Gasteiger partial charge is 0.379 e. The smallest absolute Gasteiger partial charge is 0.138 e. The molecule has 0 aromatic carbocycles. The fourth-order valence-corrected chi connectivity index (χ4v) is 6.13. The van der Waals surface area contributed by atoms with E-state index in [4.69, 9.17) is 4.74 Å². The maximum absolute atomic E-state index is 5.55. The van der Waals surface area contributed by atoms with E-state index in [0.29, 0.717) is 6.04 Å². The molecule has 3 aromatic rings. The monoisotopic (exact) mass is 386 g/mol. The van der Waals surface area contributed by atoms with E-state index in [1.54, 1.807) is 6.33 Å². The number of nitrogens with one attached hydrogen (secondary N) is 1. The van der Waals surface area contributed by atoms with Gasteiger partial charge >= 0.3 is 0 Å². The van der Waals surface area contributed by atoms with Gasteiger partial charge in [-0.15, -0.1) is 22.7 Å². The van der Waals surface area contributed by atoms with Crippen molar-refractivity contribution in [3.63, 3.8) is 0 Å². The van der Waals surface area contributed by atoms with Crippen LogP contribution in [0, 0.1) is 0 Å². The van der Waals surface area contributed by atoms with Crippen molar-refractivity contribution < 1.29 is 4.74 Å². The first-order chi connectivity index (χ1) is 12.9. The third kappa shape index (κ3) is 3.03. The fourth-order valence-electron chi connectivity index (χ4n) is 4.04. The van der Waals surface area contributed by atoms with Crippen LogP contribution in [0.1, 0.15) is 27.8 Å². The maximum Gasteiger partial charge on any atom is 0.138 e. The van der Waals surface area contributed by atoms with E-state index in [9.17, 15) is 0 Å². The van der Waals surface area contributed by atoms with Crippen LogP contribution >= 0.6 is 22.7 Å². The summed E-state index contributed by atoms with van der Waals surface area (Å²) in [4.78, 5) is 15.7. The summed E-state index contributed by atoms with van der Waals surface area (Å²) < 4.78 is 5.55. The molecule has 1 aliphatic carbocycles. The Hall–Kier alpha value is -1.54. The van der Waals surface area contributed by atoms with Crippen molar-refractivity contribution in [2.45, 2.75) is 25.3 Å². The van der Waals surface area contributed by atoms with Crippen molar-refractivity contribution in [3.8, 4) is 0 Å². The molecular weight excluding hydrogens is 364 g/mol. The summed E-state index contributed by atoms with van der Waals surface area (Å²) in [6, 6.07) is 4.74. The molecule has 0 saturated carbocycles. The highest BCUT2D eigenvalue weighted by Gasteiger charge is 2.25. The van der Waals surface area contributed by atoms with Gasteiger partial charge in [-0.25, -0.2) is 9.97 Å². The maximum atomic E-state index is 5.55. The van der Waals surface area contributed by atoms with E-state index in [-0.39, 0.29) is 0 Å². The van der Waals surface area contributed by atoms with E-state index in [0.717, 1.165) is 49.9 Å². The summed E-state index contributed by atoms with van der Waals surface area (Å²) >= 11 is 3.68. The van der Waals surface area contributed by atoms with Gasteiger partial charge in [-0.05, 0) is 36.3 Å². The first-order valence-corrected chi connectivity index (χ1v) is 10.9. The predicted octanol–water partition coefficient (Wildman–Crippen LogP) is 3.73. The van der Waals surface area contributed by atoms with Crippen LogP contribution in [-0.4, -0.2) is 47.7 Å². The third-order valence-corrected chi connectivity index (χ3v) is 7.50. The molecule has 3 aromatic heterocycles. The molecule has 2 aliphatic rings. The minimum absolute atomic E-state index is 0.357. The van der Waals surface area contributed by atoms with Gasteiger partial charge in [0.15, 0.2) is 0 Å². The highest BCUT2D eigenvalue weighted by molar-refractivity contribution is 7.19. The van der Waals surface area contributed by atoms with E-state index in [2.05, 4.69) is 37.7 Å². The van der Waals surface area contributed by atoms with E-state index < -0.39 is 0 Å². The van der Waals surface area contributed by atoms with E-state index in [1.807, 2.05) is 22.7 Å². The van der Waals surface area contributed by atoms with Gasteiger partial charge in [0.1, 0.15) is 17.0 Å². The molecule has 4 heterocycles. The number of aromatic nitrogens is 2. The molecule has 0 radical (unpaired) electrons. The Labute approximate surface area is 161 Å². The van der Waals surface area contributed by atoms with Gasteiger partial charge < -0.3 is 10.1 Å². The first kappa shape index (κ1) is 16.6. The van der Waals surface area contributed by atoms with Crippen molar-refractivity contribution in [1.29, 1.82) is 0 Å². The number of thiophene rings is 2. The van der Waals surface area contributed by atoms with Gasteiger partial charge in [-0.2, -0.15) is 0 Å². The van der Waals surface area contributed by atoms with Crippen molar-refractivity contribution in [3.05, 3.63) is 39.2 Å². The van der Waals surface area contributed by atoms with Crippen LogP contribution in [0.5, 0.6) is 0 Å². The summed E-state index contributed by atoms with van der Waals surface area (Å²) in [5.41, 5.74) is 1.48. The lowest BCUT2D eigenvalue weighted by atomic mass is 10.1. The zero-order valence-electron chi connectivity index (χ0n) is 14.6. The highest BCUT2D eigenvalue weighted by Crippen LogP contribution is 2.39. The van der Waals surface area contributed by atoms with Crippen molar-refractivity contribution in [1.82, 2.24) is 14.9 Å². The summed E-state index contributed by atoms with van der Waals surface area (Å²) in [6.07, 6.45) is 5.32. The summed E-state index contributed by atoms with van der Waals surface area (Å²) in [5.74, 6) is 1.00. The van der Waals surface area contributed by atoms with Gasteiger partial charge in [0, 0.05) is 29.4 Å². The fraction of sp³-hybridized carbons (Fsp3) is 0.474. The van der Waals surface area contributed by atoms with Crippen LogP contribution in [0.2, 0.25) is 0 Å². The van der Waals surface area contributed by atoms with Crippen LogP contribution in [0.3, 0.4) is 0 Å². The average Bonchev–Trinajstić information content (AvgIpc) is 3.40. The summed E-state index contributed by atoms with van der Waals surface area (Å²) in [7, 11) is 0. The Morgan fingerprint density at radius 2 is 2.15 bits per heavy atom. The molecule has 5 nitrogen and oxygen atoms in total. The number of aryl methyl sites for hydroxylation is 2. The lowest BCUT2D eigenvalue weighted by Crippen LogP contribution is -2.41. The molecule has 7 heteroatoms. The van der Waals surface area contributed by atoms with E-state index >= 15 is 0 Å². The quantitative estimate of drug-likeness (QED) is 0.724. The Bertz CT molecular complexity index is 886. The molecule has 1 unspecified atom stereocenters. The normalized spacial score (nSPS) is 18.9. The number of anilines is 1. The molecule has 5 rings (SSSR count). The predicted molar refractivity (Wildman–Crippen MR) is 107 cm³/mol. The molecule has 1 saturated heterocycles. The van der Waals surface area contributed by atoms with Crippen LogP contribution in [0.15, 0.2) is 23.8 Å². The number of rotatable bonds is 5. The second kappa shape index (κ2) is 7.23. The number of morpholine rings is 1. The van der Waals surface area contributed by atoms with Gasteiger partial charge in [0.2, 0.25) is 0 Å². The molecular formula is C19H22N4OS2. The zero-order valence-corrected chi connectivity index (χ0v) is 16.2. The number of nitrogens with zero attached hydrogens (tertiary/aromatic N) is 3. The first-order valence-electron chi connectivity index (χ1n) is 9.24. The van der Waals surface area contributed by atoms with Crippen LogP contribution < -0.4 is 5.32 Å². The Morgan fingerprint density at radius 1 is 1.23 bits per heavy atom. The lowest BCUT2D eigenvalue weighted by Gasteiger charge is -2.34.